The van der Waals surface area contributed by atoms with Crippen LogP contribution < -0.4 is 69.5 Å². The standard InChI is InChI=1S/C12H17NO2.3C11H16N2O2.C11H15NO3.C11H15NO2.C10H14N2O2.C9H13NO3S.C8H12N2O.C8H11NO.CO2/c1-9(2)15-12-7-6-11(13-8-12)5-4-10(3)14;1-8(2)15-9-5-6-10(12-7-9)11(14)13(3)4;1-8(2)15-10-5-3-9(13-7-10)4-6-11(12)14;1-4-12-11(14)10-6-5-9(7-13-10)15-8(2)3;1-8(2)15-10-5-3-9(12-7-10)4-6-11(13)14;1-8(2)14-11-5-4-10(12-7-11)6-9(3)13;1-7(2)14-8-4-5-9(12-6-8)10(13)11-3;1-7(2)13-8-4-5-9(10-6-8)14(3,11)12;1-6(2)11-7-3-4-8(9)10-5-7;1-7(2)10-8-4-3-5-9-6-8;2-1-3/h6-9H,4-5H2,1-3H3;5-8H,1-4H3;3,5,7-8H,4,6H2,1-2H3,(H2,12,14);5-8H,4H2,1-3H3,(H,12,14);3,5,7-8H,4,6H2,1-2H3,(H,13,14);4-5,7-8H,6H2,1-3H3;4-7H,1-3H3,(H,11,13);4-7H,1-3H3;3-6H,1-2H3,(H2,9,10);3-7H,1-2H3;. The predicted octanol–water partition coefficient (Wildman–Crippen LogP) is 16.0. The van der Waals surface area contributed by atoms with E-state index in [4.69, 9.17) is 73.5 Å². The molecule has 0 radical (unpaired) electrons. The summed E-state index contributed by atoms with van der Waals surface area (Å²) >= 11 is 0. The van der Waals surface area contributed by atoms with Gasteiger partial charge in [0.1, 0.15) is 92.0 Å². The maximum Gasteiger partial charge on any atom is 0.373 e. The molecule has 0 saturated carbocycles. The van der Waals surface area contributed by atoms with Gasteiger partial charge in [-0.3, -0.25) is 53.7 Å². The number of carboxylic acid groups (broad SMARTS) is 1. The minimum absolute atomic E-state index is 0.0564. The molecule has 141 heavy (non-hydrogen) atoms. The fourth-order valence-electron chi connectivity index (χ4n) is 10.1. The van der Waals surface area contributed by atoms with E-state index in [2.05, 4.69) is 60.5 Å². The van der Waals surface area contributed by atoms with Crippen LogP contribution in [0.4, 0.5) is 5.82 Å². The van der Waals surface area contributed by atoms with Crippen molar-refractivity contribution < 1.29 is 104 Å². The summed E-state index contributed by atoms with van der Waals surface area (Å²) in [4.78, 5) is 134. The van der Waals surface area contributed by atoms with E-state index in [0.29, 0.717) is 96.7 Å². The molecule has 7 N–H and O–H groups in total. The molecule has 0 saturated heterocycles. The van der Waals surface area contributed by atoms with E-state index in [9.17, 15) is 42.0 Å². The van der Waals surface area contributed by atoms with Crippen molar-refractivity contribution in [2.75, 3.05) is 39.7 Å². The number of aromatic nitrogens is 10. The normalized spacial score (nSPS) is 10.2. The van der Waals surface area contributed by atoms with E-state index < -0.39 is 15.8 Å². The van der Waals surface area contributed by atoms with Gasteiger partial charge in [-0.1, -0.05) is 0 Å². The predicted molar refractivity (Wildman–Crippen MR) is 539 cm³/mol. The van der Waals surface area contributed by atoms with Gasteiger partial charge >= 0.3 is 12.1 Å². The van der Waals surface area contributed by atoms with Crippen LogP contribution in [0.3, 0.4) is 0 Å². The first kappa shape index (κ1) is 126. The van der Waals surface area contributed by atoms with E-state index in [0.717, 1.165) is 57.8 Å². The molecule has 0 aliphatic rings. The van der Waals surface area contributed by atoms with Gasteiger partial charge in [0, 0.05) is 88.6 Å². The summed E-state index contributed by atoms with van der Waals surface area (Å²) in [6, 6.07) is 35.3. The lowest BCUT2D eigenvalue weighted by Crippen LogP contribution is -2.23. The van der Waals surface area contributed by atoms with Gasteiger partial charge in [0.15, 0.2) is 14.9 Å². The Morgan fingerprint density at radius 2 is 0.674 bits per heavy atom. The summed E-state index contributed by atoms with van der Waals surface area (Å²) in [5.41, 5.74) is 15.0. The molecule has 10 heterocycles. The number of primary amides is 1. The molecule has 38 heteroatoms. The molecule has 0 unspecified atom stereocenters. The number of hydrogen-bond acceptors (Lipinski definition) is 32. The molecule has 10 rings (SSSR count). The minimum atomic E-state index is -3.21. The molecule has 0 fully saturated rings. The molecular weight excluding hydrogens is 1830 g/mol. The van der Waals surface area contributed by atoms with Gasteiger partial charge in [-0.25, -0.2) is 33.3 Å². The summed E-state index contributed by atoms with van der Waals surface area (Å²) in [5.74, 6) is 6.43. The monoisotopic (exact) mass is 1980 g/mol. The number of carbonyl (C=O) groups excluding carboxylic acids is 8. The number of nitrogens with zero attached hydrogens (tertiary/aromatic N) is 11. The van der Waals surface area contributed by atoms with Crippen molar-refractivity contribution >= 4 is 63.0 Å². The first-order valence-electron chi connectivity index (χ1n) is 45.7. The van der Waals surface area contributed by atoms with Crippen molar-refractivity contribution in [1.82, 2.24) is 65.4 Å². The quantitative estimate of drug-likeness (QED) is 0.0243. The Kier molecular flexibility index (Phi) is 64.3. The second-order valence-electron chi connectivity index (χ2n) is 33.1. The van der Waals surface area contributed by atoms with Crippen molar-refractivity contribution in [2.24, 2.45) is 5.73 Å². The third-order valence-electron chi connectivity index (χ3n) is 15.6. The maximum absolute atomic E-state index is 11.5. The number of rotatable bonds is 36. The van der Waals surface area contributed by atoms with Crippen molar-refractivity contribution in [3.05, 3.63) is 229 Å². The molecule has 4 amide bonds. The summed E-state index contributed by atoms with van der Waals surface area (Å²) < 4.78 is 76.1. The zero-order valence-corrected chi connectivity index (χ0v) is 87.1. The van der Waals surface area contributed by atoms with Crippen LogP contribution in [-0.2, 0) is 64.3 Å². The molecule has 770 valence electrons. The number of nitrogen functional groups attached to an aromatic ring is 1. The fraction of sp³-hybridized carbons (Fsp3) is 0.437. The largest absolute Gasteiger partial charge is 0.489 e. The summed E-state index contributed by atoms with van der Waals surface area (Å²) in [6.45, 7) is 44.7. The van der Waals surface area contributed by atoms with E-state index in [1.54, 1.807) is 152 Å². The van der Waals surface area contributed by atoms with Crippen LogP contribution in [0.25, 0.3) is 0 Å². The number of aliphatic carboxylic acids is 1. The van der Waals surface area contributed by atoms with Crippen molar-refractivity contribution in [3.63, 3.8) is 0 Å². The van der Waals surface area contributed by atoms with Crippen LogP contribution in [0.1, 0.15) is 233 Å². The van der Waals surface area contributed by atoms with Crippen LogP contribution in [0, 0.1) is 0 Å². The average Bonchev–Trinajstić information content (AvgIpc) is 0.855. The number of pyridine rings is 10. The molecule has 0 aromatic carbocycles. The van der Waals surface area contributed by atoms with Crippen LogP contribution in [0.5, 0.6) is 57.5 Å². The van der Waals surface area contributed by atoms with Crippen LogP contribution >= 0.6 is 0 Å². The first-order chi connectivity index (χ1) is 66.3. The number of amides is 4. The number of hydrogen-bond donors (Lipinski definition) is 5. The molecule has 0 atom stereocenters. The number of ketones is 2. The van der Waals surface area contributed by atoms with Gasteiger partial charge in [0.05, 0.1) is 129 Å². The number of sulfone groups is 1. The lowest BCUT2D eigenvalue weighted by molar-refractivity contribution is -0.191. The molecule has 0 bridgehead atoms. The lowest BCUT2D eigenvalue weighted by atomic mass is 10.2. The number of nitrogens with one attached hydrogen (secondary N) is 2. The Labute approximate surface area is 830 Å². The molecule has 37 nitrogen and oxygen atoms in total. The third-order valence-corrected chi connectivity index (χ3v) is 16.6. The second kappa shape index (κ2) is 71.7. The Balaban J connectivity index is 0.00000154. The topological polar surface area (TPSA) is 509 Å². The fourth-order valence-corrected chi connectivity index (χ4v) is 10.7. The highest BCUT2D eigenvalue weighted by Gasteiger charge is 2.14. The van der Waals surface area contributed by atoms with Crippen molar-refractivity contribution in [3.8, 4) is 57.5 Å². The summed E-state index contributed by atoms with van der Waals surface area (Å²) in [7, 11) is 1.75. The van der Waals surface area contributed by atoms with E-state index >= 15 is 0 Å². The van der Waals surface area contributed by atoms with Crippen molar-refractivity contribution in [2.45, 2.75) is 270 Å². The number of nitrogens with two attached hydrogens (primary N) is 2. The Hall–Kier alpha value is -14.7. The smallest absolute Gasteiger partial charge is 0.373 e. The van der Waals surface area contributed by atoms with E-state index in [-0.39, 0.29) is 114 Å². The number of anilines is 1. The van der Waals surface area contributed by atoms with E-state index in [1.807, 2.05) is 206 Å². The van der Waals surface area contributed by atoms with Crippen LogP contribution in [0.2, 0.25) is 0 Å². The summed E-state index contributed by atoms with van der Waals surface area (Å²) in [5, 5.41) is 13.7. The molecule has 0 aliphatic carbocycles. The van der Waals surface area contributed by atoms with E-state index in [1.165, 1.54) is 17.2 Å². The Bertz CT molecular complexity index is 5120. The van der Waals surface area contributed by atoms with Crippen LogP contribution in [0.15, 0.2) is 195 Å². The highest BCUT2D eigenvalue weighted by atomic mass is 32.2. The van der Waals surface area contributed by atoms with Gasteiger partial charge in [0.2, 0.25) is 5.91 Å². The highest BCUT2D eigenvalue weighted by Crippen LogP contribution is 2.21. The molecule has 0 spiro atoms. The number of carboxylic acids is 1. The van der Waals surface area contributed by atoms with Crippen LogP contribution in [-0.4, -0.2) is 211 Å². The number of carbonyl (C=O) groups is 7. The summed E-state index contributed by atoms with van der Waals surface area (Å²) in [6.07, 6.45) is 23.7. The first-order valence-corrected chi connectivity index (χ1v) is 47.6. The molecular formula is C103H145N15O22S. The SMILES string of the molecule is CC(=O)CCc1ccc(OC(C)C)cn1.CC(=O)Cc1ccc(OC(C)C)cn1.CC(C)Oc1ccc(C(=O)N(C)C)nc1.CC(C)Oc1ccc(CCC(=O)O)nc1.CC(C)Oc1ccc(CCC(N)=O)nc1.CC(C)Oc1ccc(N)nc1.CC(C)Oc1ccc(S(C)(=O)=O)nc1.CC(C)Oc1cccnc1.CCNC(=O)c1ccc(OC(C)C)cn1.CNC(=O)c1ccc(OC(C)C)cn1.O=C=O. The highest BCUT2D eigenvalue weighted by molar-refractivity contribution is 7.90. The Morgan fingerprint density at radius 1 is 0.383 bits per heavy atom. The molecule has 10 aromatic rings. The Morgan fingerprint density at radius 3 is 0.915 bits per heavy atom. The van der Waals surface area contributed by atoms with Gasteiger partial charge < -0.3 is 84.3 Å². The zero-order chi connectivity index (χ0) is 107. The van der Waals surface area contributed by atoms with Gasteiger partial charge in [-0.15, -0.1) is 0 Å². The van der Waals surface area contributed by atoms with Crippen molar-refractivity contribution in [1.29, 1.82) is 0 Å². The second-order valence-corrected chi connectivity index (χ2v) is 35.1. The van der Waals surface area contributed by atoms with Gasteiger partial charge in [-0.05, 0) is 293 Å². The third kappa shape index (κ3) is 66.5. The average molecular weight is 1980 g/mol. The zero-order valence-electron chi connectivity index (χ0n) is 86.3. The number of aryl methyl sites for hydroxylation is 3. The molecule has 0 aliphatic heterocycles. The maximum atomic E-state index is 11.5. The minimum Gasteiger partial charge on any atom is -0.489 e. The van der Waals surface area contributed by atoms with Gasteiger partial charge in [0.25, 0.3) is 17.7 Å². The number of Topliss-reactive ketones (excluding diaryl/α,β-unsaturated/α-hetero) is 2. The van der Waals surface area contributed by atoms with Gasteiger partial charge in [-0.2, -0.15) is 9.59 Å². The lowest BCUT2D eigenvalue weighted by Gasteiger charge is -2.11. The number of ether oxygens (including phenoxy) is 10. The molecule has 10 aromatic heterocycles.